The molecule has 0 saturated carbocycles. The zero-order valence-corrected chi connectivity index (χ0v) is 14.8. The van der Waals surface area contributed by atoms with E-state index in [0.717, 1.165) is 17.9 Å². The van der Waals surface area contributed by atoms with Gasteiger partial charge in [-0.05, 0) is 18.6 Å². The van der Waals surface area contributed by atoms with Crippen LogP contribution < -0.4 is 15.8 Å². The molecule has 0 fully saturated rings. The number of methoxy groups -OCH3 is 2. The van der Waals surface area contributed by atoms with Crippen molar-refractivity contribution in [3.05, 3.63) is 24.3 Å². The van der Waals surface area contributed by atoms with Crippen LogP contribution in [0.25, 0.3) is 0 Å². The first-order valence-electron chi connectivity index (χ1n) is 6.54. The van der Waals surface area contributed by atoms with Gasteiger partial charge in [0.1, 0.15) is 5.75 Å². The number of aliphatic imine (C=N–C) groups is 1. The fourth-order valence-corrected chi connectivity index (χ4v) is 1.54. The van der Waals surface area contributed by atoms with Gasteiger partial charge >= 0.3 is 0 Å². The first kappa shape index (κ1) is 19.9. The van der Waals surface area contributed by atoms with E-state index in [4.69, 9.17) is 19.9 Å². The molecule has 120 valence electrons. The van der Waals surface area contributed by atoms with Gasteiger partial charge in [-0.25, -0.2) is 0 Å². The van der Waals surface area contributed by atoms with Gasteiger partial charge in [0, 0.05) is 20.3 Å². The van der Waals surface area contributed by atoms with Crippen molar-refractivity contribution in [2.24, 2.45) is 10.7 Å². The number of ether oxygens (including phenoxy) is 3. The number of guanidine groups is 1. The van der Waals surface area contributed by atoms with Crippen molar-refractivity contribution >= 4 is 35.6 Å². The Bertz CT molecular complexity index is 416. The van der Waals surface area contributed by atoms with E-state index in [9.17, 15) is 0 Å². The van der Waals surface area contributed by atoms with Crippen molar-refractivity contribution in [2.45, 2.75) is 6.42 Å². The Morgan fingerprint density at radius 3 is 2.67 bits per heavy atom. The molecular formula is C14H24IN3O3. The molecule has 0 aromatic heterocycles. The third kappa shape index (κ3) is 8.74. The van der Waals surface area contributed by atoms with Gasteiger partial charge in [-0.15, -0.1) is 24.0 Å². The number of anilines is 1. The minimum absolute atomic E-state index is 0. The number of hydrogen-bond donors (Lipinski definition) is 2. The molecule has 3 N–H and O–H groups in total. The average molecular weight is 409 g/mol. The highest BCUT2D eigenvalue weighted by Crippen LogP contribution is 2.22. The maximum absolute atomic E-state index is 5.81. The van der Waals surface area contributed by atoms with Gasteiger partial charge in [-0.3, -0.25) is 4.99 Å². The predicted octanol–water partition coefficient (Wildman–Crippen LogP) is 2.09. The van der Waals surface area contributed by atoms with Crippen molar-refractivity contribution in [2.75, 3.05) is 45.9 Å². The van der Waals surface area contributed by atoms with Crippen LogP contribution in [0.3, 0.4) is 0 Å². The fraction of sp³-hybridized carbons (Fsp3) is 0.500. The minimum atomic E-state index is 0. The van der Waals surface area contributed by atoms with Gasteiger partial charge < -0.3 is 25.3 Å². The second-order valence-electron chi connectivity index (χ2n) is 4.05. The first-order valence-corrected chi connectivity index (χ1v) is 6.54. The van der Waals surface area contributed by atoms with E-state index in [1.165, 1.54) is 0 Å². The molecule has 0 radical (unpaired) electrons. The lowest BCUT2D eigenvalue weighted by Gasteiger charge is -2.10. The predicted molar refractivity (Wildman–Crippen MR) is 95.8 cm³/mol. The normalized spacial score (nSPS) is 10.9. The van der Waals surface area contributed by atoms with E-state index in [1.807, 2.05) is 24.3 Å². The molecule has 0 amide bonds. The Balaban J connectivity index is 0.00000400. The summed E-state index contributed by atoms with van der Waals surface area (Å²) in [6.45, 7) is 2.48. The lowest BCUT2D eigenvalue weighted by Crippen LogP contribution is -2.23. The monoisotopic (exact) mass is 409 g/mol. The molecule has 0 aliphatic carbocycles. The molecule has 0 aliphatic rings. The standard InChI is InChI=1S/C14H23N3O3.HI/c1-18-10-11-20-9-5-8-16-14(15)17-12-6-3-4-7-13(12)19-2;/h3-4,6-7H,5,8-11H2,1-2H3,(H3,15,16,17);1H. The van der Waals surface area contributed by atoms with E-state index in [2.05, 4.69) is 10.3 Å². The lowest BCUT2D eigenvalue weighted by atomic mass is 10.3. The van der Waals surface area contributed by atoms with Gasteiger partial charge in [0.15, 0.2) is 5.96 Å². The summed E-state index contributed by atoms with van der Waals surface area (Å²) in [7, 11) is 3.27. The maximum Gasteiger partial charge on any atom is 0.193 e. The molecule has 1 aromatic carbocycles. The quantitative estimate of drug-likeness (QED) is 0.283. The van der Waals surface area contributed by atoms with Gasteiger partial charge in [-0.1, -0.05) is 12.1 Å². The summed E-state index contributed by atoms with van der Waals surface area (Å²) in [5.74, 6) is 1.10. The summed E-state index contributed by atoms with van der Waals surface area (Å²) < 4.78 is 15.4. The van der Waals surface area contributed by atoms with E-state index >= 15 is 0 Å². The van der Waals surface area contributed by atoms with Crippen LogP contribution in [0, 0.1) is 0 Å². The molecule has 6 nitrogen and oxygen atoms in total. The summed E-state index contributed by atoms with van der Waals surface area (Å²) in [6, 6.07) is 7.55. The van der Waals surface area contributed by atoms with Crippen LogP contribution >= 0.6 is 24.0 Å². The largest absolute Gasteiger partial charge is 0.495 e. The molecule has 0 aliphatic heterocycles. The highest BCUT2D eigenvalue weighted by atomic mass is 127. The van der Waals surface area contributed by atoms with Crippen LogP contribution in [-0.2, 0) is 9.47 Å². The van der Waals surface area contributed by atoms with Gasteiger partial charge in [0.2, 0.25) is 0 Å². The molecule has 21 heavy (non-hydrogen) atoms. The van der Waals surface area contributed by atoms with E-state index in [-0.39, 0.29) is 24.0 Å². The number of benzene rings is 1. The SMILES string of the molecule is COCCOCCCN=C(N)Nc1ccccc1OC.I. The topological polar surface area (TPSA) is 78.1 Å². The van der Waals surface area contributed by atoms with Gasteiger partial charge in [-0.2, -0.15) is 0 Å². The fourth-order valence-electron chi connectivity index (χ4n) is 1.54. The van der Waals surface area contributed by atoms with Crippen molar-refractivity contribution in [3.8, 4) is 5.75 Å². The number of nitrogens with zero attached hydrogens (tertiary/aromatic N) is 1. The van der Waals surface area contributed by atoms with Crippen LogP contribution in [-0.4, -0.2) is 46.5 Å². The summed E-state index contributed by atoms with van der Waals surface area (Å²) in [5, 5.41) is 3.01. The Morgan fingerprint density at radius 2 is 1.95 bits per heavy atom. The molecule has 0 bridgehead atoms. The Kier molecular flexibility index (Phi) is 12.0. The number of rotatable bonds is 9. The van der Waals surface area contributed by atoms with E-state index in [1.54, 1.807) is 14.2 Å². The minimum Gasteiger partial charge on any atom is -0.495 e. The number of nitrogens with two attached hydrogens (primary N) is 1. The third-order valence-corrected chi connectivity index (χ3v) is 2.53. The highest BCUT2D eigenvalue weighted by molar-refractivity contribution is 14.0. The van der Waals surface area contributed by atoms with E-state index < -0.39 is 0 Å². The molecule has 0 unspecified atom stereocenters. The zero-order chi connectivity index (χ0) is 14.6. The molecule has 7 heteroatoms. The molecule has 0 atom stereocenters. The number of hydrogen-bond acceptors (Lipinski definition) is 4. The van der Waals surface area contributed by atoms with Crippen molar-refractivity contribution in [3.63, 3.8) is 0 Å². The maximum atomic E-state index is 5.81. The van der Waals surface area contributed by atoms with Crippen molar-refractivity contribution < 1.29 is 14.2 Å². The molecule has 0 heterocycles. The highest BCUT2D eigenvalue weighted by Gasteiger charge is 2.01. The molecule has 1 aromatic rings. The Morgan fingerprint density at radius 1 is 1.19 bits per heavy atom. The van der Waals surface area contributed by atoms with Crippen LogP contribution in [0.1, 0.15) is 6.42 Å². The zero-order valence-electron chi connectivity index (χ0n) is 12.5. The van der Waals surface area contributed by atoms with Crippen molar-refractivity contribution in [1.82, 2.24) is 0 Å². The second-order valence-corrected chi connectivity index (χ2v) is 4.05. The molecule has 1 rings (SSSR count). The Hall–Kier alpha value is -1.06. The number of halogens is 1. The summed E-state index contributed by atoms with van der Waals surface area (Å²) in [4.78, 5) is 4.23. The first-order chi connectivity index (χ1) is 9.77. The third-order valence-electron chi connectivity index (χ3n) is 2.53. The summed E-state index contributed by atoms with van der Waals surface area (Å²) in [6.07, 6.45) is 0.817. The molecule has 0 spiro atoms. The van der Waals surface area contributed by atoms with Crippen LogP contribution in [0.2, 0.25) is 0 Å². The van der Waals surface area contributed by atoms with Crippen LogP contribution in [0.4, 0.5) is 5.69 Å². The summed E-state index contributed by atoms with van der Waals surface area (Å²) in [5.41, 5.74) is 6.61. The van der Waals surface area contributed by atoms with Crippen LogP contribution in [0.15, 0.2) is 29.3 Å². The smallest absolute Gasteiger partial charge is 0.193 e. The Labute approximate surface area is 143 Å². The molecule has 0 saturated heterocycles. The average Bonchev–Trinajstić information content (AvgIpc) is 2.47. The van der Waals surface area contributed by atoms with Gasteiger partial charge in [0.25, 0.3) is 0 Å². The summed E-state index contributed by atoms with van der Waals surface area (Å²) >= 11 is 0. The van der Waals surface area contributed by atoms with E-state index in [0.29, 0.717) is 32.3 Å². The van der Waals surface area contributed by atoms with Gasteiger partial charge in [0.05, 0.1) is 26.0 Å². The van der Waals surface area contributed by atoms with Crippen LogP contribution in [0.5, 0.6) is 5.75 Å². The molecular weight excluding hydrogens is 385 g/mol. The number of nitrogens with one attached hydrogen (secondary N) is 1. The number of para-hydroxylation sites is 2. The second kappa shape index (κ2) is 12.7. The lowest BCUT2D eigenvalue weighted by molar-refractivity contribution is 0.0702. The van der Waals surface area contributed by atoms with Crippen molar-refractivity contribution in [1.29, 1.82) is 0 Å².